The van der Waals surface area contributed by atoms with Gasteiger partial charge in [-0.1, -0.05) is 0 Å². The number of esters is 1. The first kappa shape index (κ1) is 15.3. The molecular weight excluding hydrogens is 256 g/mol. The van der Waals surface area contributed by atoms with Gasteiger partial charge in [0.15, 0.2) is 0 Å². The van der Waals surface area contributed by atoms with E-state index in [9.17, 15) is 9.59 Å². The summed E-state index contributed by atoms with van der Waals surface area (Å²) in [4.78, 5) is 24.0. The highest BCUT2D eigenvalue weighted by Crippen LogP contribution is 2.26. The zero-order valence-corrected chi connectivity index (χ0v) is 12.5. The Bertz CT molecular complexity index is 356. The highest BCUT2D eigenvalue weighted by atomic mass is 16.5. The van der Waals surface area contributed by atoms with Gasteiger partial charge in [-0.15, -0.1) is 0 Å². The monoisotopic (exact) mass is 282 g/mol. The van der Waals surface area contributed by atoms with Crippen molar-refractivity contribution in [1.29, 1.82) is 0 Å². The standard InChI is InChI=1S/C15H26N2O3/c1-3-20-13(18)11-5-7-12(8-6-11)17-14(19)15(2)9-4-10-16-15/h11-12,16H,3-10H2,1-2H3,(H,17,19). The van der Waals surface area contributed by atoms with Crippen molar-refractivity contribution >= 4 is 11.9 Å². The zero-order valence-electron chi connectivity index (χ0n) is 12.5. The third-order valence-corrected chi connectivity index (χ3v) is 4.55. The minimum atomic E-state index is -0.405. The Morgan fingerprint density at radius 1 is 1.30 bits per heavy atom. The molecule has 20 heavy (non-hydrogen) atoms. The SMILES string of the molecule is CCOC(=O)C1CCC(NC(=O)C2(C)CCCN2)CC1. The van der Waals surface area contributed by atoms with Crippen LogP contribution in [0.2, 0.25) is 0 Å². The van der Waals surface area contributed by atoms with Gasteiger partial charge in [0.05, 0.1) is 18.1 Å². The molecule has 0 aromatic rings. The lowest BCUT2D eigenvalue weighted by Crippen LogP contribution is -2.54. The summed E-state index contributed by atoms with van der Waals surface area (Å²) in [6.07, 6.45) is 5.31. The van der Waals surface area contributed by atoms with E-state index in [1.54, 1.807) is 0 Å². The molecule has 2 aliphatic rings. The van der Waals surface area contributed by atoms with Gasteiger partial charge in [0.2, 0.25) is 5.91 Å². The minimum absolute atomic E-state index is 0.0169. The predicted octanol–water partition coefficient (Wildman–Crippen LogP) is 1.37. The van der Waals surface area contributed by atoms with Crippen LogP contribution >= 0.6 is 0 Å². The van der Waals surface area contributed by atoms with Crippen LogP contribution in [0.1, 0.15) is 52.4 Å². The Balaban J connectivity index is 1.77. The smallest absolute Gasteiger partial charge is 0.308 e. The number of carbonyl (C=O) groups is 2. The molecule has 1 saturated carbocycles. The molecular formula is C15H26N2O3. The van der Waals surface area contributed by atoms with Gasteiger partial charge in [-0.05, 0) is 58.9 Å². The van der Waals surface area contributed by atoms with Gasteiger partial charge in [0.25, 0.3) is 0 Å². The van der Waals surface area contributed by atoms with E-state index in [1.165, 1.54) is 0 Å². The van der Waals surface area contributed by atoms with Crippen LogP contribution in [0.3, 0.4) is 0 Å². The first-order valence-electron chi connectivity index (χ1n) is 7.78. The third kappa shape index (κ3) is 3.51. The Morgan fingerprint density at radius 2 is 2.00 bits per heavy atom. The molecule has 5 nitrogen and oxygen atoms in total. The summed E-state index contributed by atoms with van der Waals surface area (Å²) >= 11 is 0. The van der Waals surface area contributed by atoms with Crippen LogP contribution in [-0.4, -0.2) is 36.6 Å². The molecule has 1 unspecified atom stereocenters. The summed E-state index contributed by atoms with van der Waals surface area (Å²) < 4.78 is 5.06. The quantitative estimate of drug-likeness (QED) is 0.764. The lowest BCUT2D eigenvalue weighted by Gasteiger charge is -2.31. The van der Waals surface area contributed by atoms with Gasteiger partial charge in [-0.2, -0.15) is 0 Å². The highest BCUT2D eigenvalue weighted by molar-refractivity contribution is 5.86. The van der Waals surface area contributed by atoms with Crippen molar-refractivity contribution in [2.24, 2.45) is 5.92 Å². The summed E-state index contributed by atoms with van der Waals surface area (Å²) in [6.45, 7) is 5.16. The van der Waals surface area contributed by atoms with E-state index in [0.717, 1.165) is 45.1 Å². The molecule has 1 amide bonds. The van der Waals surface area contributed by atoms with Crippen molar-refractivity contribution in [2.75, 3.05) is 13.2 Å². The number of hydrogen-bond acceptors (Lipinski definition) is 4. The average molecular weight is 282 g/mol. The maximum absolute atomic E-state index is 12.3. The molecule has 0 spiro atoms. The number of rotatable bonds is 4. The first-order valence-corrected chi connectivity index (χ1v) is 7.78. The van der Waals surface area contributed by atoms with Gasteiger partial charge < -0.3 is 15.4 Å². The van der Waals surface area contributed by atoms with E-state index in [1.807, 2.05) is 13.8 Å². The van der Waals surface area contributed by atoms with Crippen LogP contribution in [0.25, 0.3) is 0 Å². The molecule has 2 rings (SSSR count). The molecule has 1 aliphatic carbocycles. The number of carbonyl (C=O) groups excluding carboxylic acids is 2. The van der Waals surface area contributed by atoms with Crippen LogP contribution in [0, 0.1) is 5.92 Å². The van der Waals surface area contributed by atoms with Gasteiger partial charge in [0.1, 0.15) is 0 Å². The molecule has 114 valence electrons. The maximum Gasteiger partial charge on any atom is 0.308 e. The second-order valence-electron chi connectivity index (χ2n) is 6.14. The molecule has 5 heteroatoms. The first-order chi connectivity index (χ1) is 9.55. The molecule has 0 radical (unpaired) electrons. The van der Waals surface area contributed by atoms with E-state index < -0.39 is 5.54 Å². The van der Waals surface area contributed by atoms with Crippen LogP contribution in [-0.2, 0) is 14.3 Å². The van der Waals surface area contributed by atoms with Gasteiger partial charge in [-0.25, -0.2) is 0 Å². The number of ether oxygens (including phenoxy) is 1. The number of hydrogen-bond donors (Lipinski definition) is 2. The summed E-state index contributed by atoms with van der Waals surface area (Å²) in [5, 5.41) is 6.42. The summed E-state index contributed by atoms with van der Waals surface area (Å²) in [7, 11) is 0. The summed E-state index contributed by atoms with van der Waals surface area (Å²) in [6, 6.07) is 0.201. The highest BCUT2D eigenvalue weighted by Gasteiger charge is 2.37. The van der Waals surface area contributed by atoms with E-state index in [0.29, 0.717) is 6.61 Å². The van der Waals surface area contributed by atoms with Crippen LogP contribution < -0.4 is 10.6 Å². The third-order valence-electron chi connectivity index (χ3n) is 4.55. The van der Waals surface area contributed by atoms with Crippen molar-refractivity contribution in [3.05, 3.63) is 0 Å². The van der Waals surface area contributed by atoms with Crippen LogP contribution in [0.15, 0.2) is 0 Å². The molecule has 0 aromatic heterocycles. The zero-order chi connectivity index (χ0) is 14.6. The molecule has 2 N–H and O–H groups in total. The molecule has 0 bridgehead atoms. The molecule has 1 saturated heterocycles. The number of nitrogens with one attached hydrogen (secondary N) is 2. The predicted molar refractivity (Wildman–Crippen MR) is 76.2 cm³/mol. The fourth-order valence-corrected chi connectivity index (χ4v) is 3.17. The molecule has 2 fully saturated rings. The lowest BCUT2D eigenvalue weighted by atomic mass is 9.85. The summed E-state index contributed by atoms with van der Waals surface area (Å²) in [5.41, 5.74) is -0.405. The molecule has 0 aromatic carbocycles. The van der Waals surface area contributed by atoms with Crippen molar-refractivity contribution in [3.63, 3.8) is 0 Å². The largest absolute Gasteiger partial charge is 0.466 e. The van der Waals surface area contributed by atoms with Crippen LogP contribution in [0.4, 0.5) is 0 Å². The Hall–Kier alpha value is -1.10. The van der Waals surface area contributed by atoms with Crippen molar-refractivity contribution in [3.8, 4) is 0 Å². The van der Waals surface area contributed by atoms with Crippen molar-refractivity contribution in [2.45, 2.75) is 64.0 Å². The fraction of sp³-hybridized carbons (Fsp3) is 0.867. The van der Waals surface area contributed by atoms with Crippen molar-refractivity contribution in [1.82, 2.24) is 10.6 Å². The minimum Gasteiger partial charge on any atom is -0.466 e. The van der Waals surface area contributed by atoms with E-state index in [4.69, 9.17) is 4.74 Å². The molecule has 1 aliphatic heterocycles. The van der Waals surface area contributed by atoms with Crippen molar-refractivity contribution < 1.29 is 14.3 Å². The topological polar surface area (TPSA) is 67.4 Å². The van der Waals surface area contributed by atoms with E-state index >= 15 is 0 Å². The fourth-order valence-electron chi connectivity index (χ4n) is 3.17. The normalized spacial score (nSPS) is 33.7. The Kier molecular flexibility index (Phi) is 5.02. The molecule has 1 heterocycles. The average Bonchev–Trinajstić information content (AvgIpc) is 2.88. The second kappa shape index (κ2) is 6.57. The molecule has 1 atom stereocenters. The van der Waals surface area contributed by atoms with Gasteiger partial charge in [0, 0.05) is 6.04 Å². The van der Waals surface area contributed by atoms with Gasteiger partial charge in [-0.3, -0.25) is 9.59 Å². The maximum atomic E-state index is 12.3. The second-order valence-corrected chi connectivity index (χ2v) is 6.14. The number of amides is 1. The van der Waals surface area contributed by atoms with Crippen LogP contribution in [0.5, 0.6) is 0 Å². The van der Waals surface area contributed by atoms with E-state index in [-0.39, 0.29) is 23.8 Å². The van der Waals surface area contributed by atoms with Gasteiger partial charge >= 0.3 is 5.97 Å². The Labute approximate surface area is 120 Å². The lowest BCUT2D eigenvalue weighted by molar-refractivity contribution is -0.149. The Morgan fingerprint density at radius 3 is 2.55 bits per heavy atom. The summed E-state index contributed by atoms with van der Waals surface area (Å²) in [5.74, 6) is 0.0413. The van der Waals surface area contributed by atoms with E-state index in [2.05, 4.69) is 10.6 Å².